The summed E-state index contributed by atoms with van der Waals surface area (Å²) in [6, 6.07) is 0. The standard InChI is InChI=1S/C4H7NO/c1-4-2-6-3-5-4/h2,5H,3H2,1H3. The summed E-state index contributed by atoms with van der Waals surface area (Å²) in [6.07, 6.45) is 1.71. The molecule has 34 valence electrons. The maximum absolute atomic E-state index is 4.78. The number of rotatable bonds is 0. The van der Waals surface area contributed by atoms with Crippen LogP contribution in [0.5, 0.6) is 0 Å². The van der Waals surface area contributed by atoms with Crippen LogP contribution in [0.25, 0.3) is 0 Å². The average molecular weight is 85.1 g/mol. The zero-order chi connectivity index (χ0) is 4.41. The lowest BCUT2D eigenvalue weighted by molar-refractivity contribution is 0.267. The van der Waals surface area contributed by atoms with Gasteiger partial charge < -0.3 is 10.1 Å². The summed E-state index contributed by atoms with van der Waals surface area (Å²) in [6.45, 7) is 2.61. The third-order valence-electron chi connectivity index (χ3n) is 0.694. The maximum atomic E-state index is 4.78. The second kappa shape index (κ2) is 1.20. The Morgan fingerprint density at radius 3 is 3.00 bits per heavy atom. The van der Waals surface area contributed by atoms with Gasteiger partial charge in [-0.2, -0.15) is 0 Å². The SMILES string of the molecule is CC1=COCN1. The Hall–Kier alpha value is -0.660. The van der Waals surface area contributed by atoms with Crippen molar-refractivity contribution in [2.45, 2.75) is 6.92 Å². The van der Waals surface area contributed by atoms with Crippen LogP contribution in [0.1, 0.15) is 6.92 Å². The van der Waals surface area contributed by atoms with Crippen LogP contribution in [-0.2, 0) is 4.74 Å². The highest BCUT2D eigenvalue weighted by atomic mass is 16.5. The molecule has 0 aromatic carbocycles. The summed E-state index contributed by atoms with van der Waals surface area (Å²) in [5, 5.41) is 2.96. The van der Waals surface area contributed by atoms with Crippen molar-refractivity contribution in [1.82, 2.24) is 5.32 Å². The molecule has 1 aliphatic heterocycles. The van der Waals surface area contributed by atoms with Crippen LogP contribution in [0.2, 0.25) is 0 Å². The minimum Gasteiger partial charge on any atom is -0.479 e. The highest BCUT2D eigenvalue weighted by Gasteiger charge is 1.92. The van der Waals surface area contributed by atoms with Gasteiger partial charge in [-0.25, -0.2) is 0 Å². The molecule has 0 atom stereocenters. The maximum Gasteiger partial charge on any atom is 0.158 e. The quantitative estimate of drug-likeness (QED) is 0.460. The average Bonchev–Trinajstić information content (AvgIpc) is 1.86. The Morgan fingerprint density at radius 2 is 2.83 bits per heavy atom. The van der Waals surface area contributed by atoms with E-state index in [-0.39, 0.29) is 0 Å². The number of hydrogen-bond acceptors (Lipinski definition) is 2. The third-order valence-corrected chi connectivity index (χ3v) is 0.694. The molecule has 6 heavy (non-hydrogen) atoms. The molecule has 1 heterocycles. The van der Waals surface area contributed by atoms with E-state index in [0.29, 0.717) is 6.73 Å². The van der Waals surface area contributed by atoms with E-state index in [2.05, 4.69) is 5.32 Å². The second-order valence-corrected chi connectivity index (χ2v) is 1.29. The molecule has 1 N–H and O–H groups in total. The zero-order valence-corrected chi connectivity index (χ0v) is 3.69. The summed E-state index contributed by atoms with van der Waals surface area (Å²) < 4.78 is 4.78. The predicted molar refractivity (Wildman–Crippen MR) is 22.8 cm³/mol. The van der Waals surface area contributed by atoms with E-state index in [1.807, 2.05) is 6.92 Å². The van der Waals surface area contributed by atoms with Gasteiger partial charge in [-0.1, -0.05) is 0 Å². The highest BCUT2D eigenvalue weighted by Crippen LogP contribution is 1.92. The molecule has 0 aromatic rings. The van der Waals surface area contributed by atoms with Crippen LogP contribution in [-0.4, -0.2) is 6.73 Å². The first-order valence-electron chi connectivity index (χ1n) is 1.92. The van der Waals surface area contributed by atoms with Gasteiger partial charge >= 0.3 is 0 Å². The fourth-order valence-corrected chi connectivity index (χ4v) is 0.364. The van der Waals surface area contributed by atoms with E-state index in [1.54, 1.807) is 6.26 Å². The van der Waals surface area contributed by atoms with Crippen LogP contribution >= 0.6 is 0 Å². The highest BCUT2D eigenvalue weighted by molar-refractivity contribution is 4.92. The summed E-state index contributed by atoms with van der Waals surface area (Å²) in [4.78, 5) is 0. The molecule has 0 radical (unpaired) electrons. The number of ether oxygens (including phenoxy) is 1. The molecular formula is C4H7NO. The first-order chi connectivity index (χ1) is 2.89. The third kappa shape index (κ3) is 0.455. The van der Waals surface area contributed by atoms with Crippen molar-refractivity contribution in [2.24, 2.45) is 0 Å². The van der Waals surface area contributed by atoms with E-state index in [4.69, 9.17) is 4.74 Å². The van der Waals surface area contributed by atoms with Gasteiger partial charge in [0.15, 0.2) is 6.73 Å². The molecule has 0 unspecified atom stereocenters. The minimum absolute atomic E-state index is 0.645. The van der Waals surface area contributed by atoms with Crippen molar-refractivity contribution in [2.75, 3.05) is 6.73 Å². The molecule has 0 bridgehead atoms. The largest absolute Gasteiger partial charge is 0.479 e. The number of allylic oxidation sites excluding steroid dienone is 1. The molecule has 1 aliphatic rings. The van der Waals surface area contributed by atoms with Crippen molar-refractivity contribution in [3.63, 3.8) is 0 Å². The van der Waals surface area contributed by atoms with Crippen molar-refractivity contribution in [3.8, 4) is 0 Å². The lowest BCUT2D eigenvalue weighted by atomic mass is 10.6. The molecule has 2 heteroatoms. The molecule has 0 saturated heterocycles. The summed E-state index contributed by atoms with van der Waals surface area (Å²) in [5.74, 6) is 0. The number of hydrogen-bond donors (Lipinski definition) is 1. The van der Waals surface area contributed by atoms with Gasteiger partial charge in [0.25, 0.3) is 0 Å². The van der Waals surface area contributed by atoms with Crippen LogP contribution in [0.4, 0.5) is 0 Å². The Kier molecular flexibility index (Phi) is 0.708. The van der Waals surface area contributed by atoms with E-state index < -0.39 is 0 Å². The van der Waals surface area contributed by atoms with Gasteiger partial charge in [0.1, 0.15) is 6.26 Å². The molecule has 0 aliphatic carbocycles. The first-order valence-corrected chi connectivity index (χ1v) is 1.92. The summed E-state index contributed by atoms with van der Waals surface area (Å²) >= 11 is 0. The smallest absolute Gasteiger partial charge is 0.158 e. The van der Waals surface area contributed by atoms with Crippen molar-refractivity contribution >= 4 is 0 Å². The Labute approximate surface area is 36.8 Å². The van der Waals surface area contributed by atoms with E-state index in [0.717, 1.165) is 5.70 Å². The Morgan fingerprint density at radius 1 is 2.00 bits per heavy atom. The molecule has 0 amide bonds. The van der Waals surface area contributed by atoms with E-state index >= 15 is 0 Å². The van der Waals surface area contributed by atoms with Crippen molar-refractivity contribution < 1.29 is 4.74 Å². The van der Waals surface area contributed by atoms with Crippen LogP contribution in [0, 0.1) is 0 Å². The normalized spacial score (nSPS) is 18.5. The fourth-order valence-electron chi connectivity index (χ4n) is 0.364. The lowest BCUT2D eigenvalue weighted by Gasteiger charge is -1.86. The van der Waals surface area contributed by atoms with Gasteiger partial charge in [-0.3, -0.25) is 0 Å². The van der Waals surface area contributed by atoms with Crippen LogP contribution in [0.15, 0.2) is 12.0 Å². The molecule has 0 aromatic heterocycles. The molecule has 2 nitrogen and oxygen atoms in total. The monoisotopic (exact) mass is 85.1 g/mol. The van der Waals surface area contributed by atoms with E-state index in [1.165, 1.54) is 0 Å². The van der Waals surface area contributed by atoms with Crippen molar-refractivity contribution in [1.29, 1.82) is 0 Å². The van der Waals surface area contributed by atoms with Gasteiger partial charge in [-0.05, 0) is 6.92 Å². The first kappa shape index (κ1) is 3.53. The molecule has 0 spiro atoms. The van der Waals surface area contributed by atoms with Crippen LogP contribution < -0.4 is 5.32 Å². The molecule has 0 saturated carbocycles. The van der Waals surface area contributed by atoms with E-state index in [9.17, 15) is 0 Å². The topological polar surface area (TPSA) is 21.3 Å². The van der Waals surface area contributed by atoms with Gasteiger partial charge in [-0.15, -0.1) is 0 Å². The van der Waals surface area contributed by atoms with Crippen molar-refractivity contribution in [3.05, 3.63) is 12.0 Å². The molecule has 0 fully saturated rings. The van der Waals surface area contributed by atoms with Gasteiger partial charge in [0.2, 0.25) is 0 Å². The Balaban J connectivity index is 2.45. The minimum atomic E-state index is 0.645. The van der Waals surface area contributed by atoms with Gasteiger partial charge in [0, 0.05) is 5.70 Å². The van der Waals surface area contributed by atoms with Crippen LogP contribution in [0.3, 0.4) is 0 Å². The summed E-state index contributed by atoms with van der Waals surface area (Å²) in [7, 11) is 0. The number of nitrogens with one attached hydrogen (secondary N) is 1. The van der Waals surface area contributed by atoms with Gasteiger partial charge in [0.05, 0.1) is 0 Å². The Bertz CT molecular complexity index is 77.6. The molecular weight excluding hydrogens is 78.1 g/mol. The fraction of sp³-hybridized carbons (Fsp3) is 0.500. The molecule has 1 rings (SSSR count). The zero-order valence-electron chi connectivity index (χ0n) is 3.69. The lowest BCUT2D eigenvalue weighted by Crippen LogP contribution is -2.04. The summed E-state index contributed by atoms with van der Waals surface area (Å²) in [5.41, 5.74) is 1.11. The second-order valence-electron chi connectivity index (χ2n) is 1.29. The predicted octanol–water partition coefficient (Wildman–Crippen LogP) is 0.425.